The molecule has 2 aromatic carbocycles. The summed E-state index contributed by atoms with van der Waals surface area (Å²) in [5, 5.41) is 5.27. The van der Waals surface area contributed by atoms with Gasteiger partial charge in [0.05, 0.1) is 12.8 Å². The second kappa shape index (κ2) is 9.56. The van der Waals surface area contributed by atoms with E-state index in [-0.39, 0.29) is 24.4 Å². The summed E-state index contributed by atoms with van der Waals surface area (Å²) in [5.41, 5.74) is 1.98. The number of methoxy groups -OCH3 is 1. The van der Waals surface area contributed by atoms with E-state index in [1.54, 1.807) is 19.2 Å². The molecule has 0 aliphatic carbocycles. The van der Waals surface area contributed by atoms with Crippen LogP contribution in [0.1, 0.15) is 24.0 Å². The predicted octanol–water partition coefficient (Wildman–Crippen LogP) is 3.22. The molecule has 0 unspecified atom stereocenters. The molecule has 0 saturated carbocycles. The van der Waals surface area contributed by atoms with Crippen LogP contribution in [0.15, 0.2) is 42.5 Å². The Bertz CT molecular complexity index is 777. The van der Waals surface area contributed by atoms with Crippen LogP contribution in [0.3, 0.4) is 0 Å². The van der Waals surface area contributed by atoms with Gasteiger partial charge < -0.3 is 15.4 Å². The van der Waals surface area contributed by atoms with Crippen molar-refractivity contribution in [3.63, 3.8) is 0 Å². The highest BCUT2D eigenvalue weighted by atomic mass is 19.1. The fourth-order valence-corrected chi connectivity index (χ4v) is 2.51. The molecule has 26 heavy (non-hydrogen) atoms. The summed E-state index contributed by atoms with van der Waals surface area (Å²) in [6, 6.07) is 12.1. The summed E-state index contributed by atoms with van der Waals surface area (Å²) in [6.07, 6.45) is 0.676. The van der Waals surface area contributed by atoms with Crippen LogP contribution in [0, 0.1) is 12.7 Å². The third kappa shape index (κ3) is 5.88. The van der Waals surface area contributed by atoms with Gasteiger partial charge in [-0.25, -0.2) is 4.39 Å². The largest absolute Gasteiger partial charge is 0.496 e. The topological polar surface area (TPSA) is 67.4 Å². The van der Waals surface area contributed by atoms with Crippen LogP contribution in [0.5, 0.6) is 5.75 Å². The van der Waals surface area contributed by atoms with Gasteiger partial charge in [-0.2, -0.15) is 0 Å². The minimum atomic E-state index is -0.495. The zero-order valence-corrected chi connectivity index (χ0v) is 15.0. The normalized spacial score (nSPS) is 10.3. The van der Waals surface area contributed by atoms with E-state index >= 15 is 0 Å². The van der Waals surface area contributed by atoms with E-state index in [0.29, 0.717) is 13.0 Å². The van der Waals surface area contributed by atoms with E-state index in [2.05, 4.69) is 10.6 Å². The number of carbonyl (C=O) groups is 2. The molecule has 0 fully saturated rings. The first-order chi connectivity index (χ1) is 12.5. The smallest absolute Gasteiger partial charge is 0.224 e. The molecular formula is C20H23FN2O3. The van der Waals surface area contributed by atoms with Crippen molar-refractivity contribution in [2.75, 3.05) is 19.0 Å². The zero-order valence-electron chi connectivity index (χ0n) is 15.0. The highest BCUT2D eigenvalue weighted by molar-refractivity contribution is 5.93. The third-order valence-electron chi connectivity index (χ3n) is 3.88. The lowest BCUT2D eigenvalue weighted by Gasteiger charge is -2.09. The third-order valence-corrected chi connectivity index (χ3v) is 3.88. The van der Waals surface area contributed by atoms with Gasteiger partial charge >= 0.3 is 0 Å². The number of benzene rings is 2. The van der Waals surface area contributed by atoms with Crippen molar-refractivity contribution < 1.29 is 18.7 Å². The highest BCUT2D eigenvalue weighted by Gasteiger charge is 2.10. The van der Waals surface area contributed by atoms with E-state index in [0.717, 1.165) is 16.9 Å². The zero-order chi connectivity index (χ0) is 18.9. The number of aryl methyl sites for hydroxylation is 1. The number of ether oxygens (including phenoxy) is 1. The van der Waals surface area contributed by atoms with Crippen LogP contribution in [-0.4, -0.2) is 25.5 Å². The van der Waals surface area contributed by atoms with Crippen molar-refractivity contribution in [2.24, 2.45) is 0 Å². The first-order valence-electron chi connectivity index (χ1n) is 8.44. The lowest BCUT2D eigenvalue weighted by atomic mass is 10.1. The van der Waals surface area contributed by atoms with Crippen LogP contribution in [-0.2, 0) is 16.0 Å². The fraction of sp³-hybridized carbons (Fsp3) is 0.300. The van der Waals surface area contributed by atoms with Crippen LogP contribution < -0.4 is 15.4 Å². The maximum Gasteiger partial charge on any atom is 0.224 e. The molecule has 138 valence electrons. The van der Waals surface area contributed by atoms with Crippen LogP contribution >= 0.6 is 0 Å². The molecule has 0 bridgehead atoms. The summed E-state index contributed by atoms with van der Waals surface area (Å²) in [5.74, 6) is -0.333. The summed E-state index contributed by atoms with van der Waals surface area (Å²) in [4.78, 5) is 23.8. The Morgan fingerprint density at radius 2 is 1.81 bits per heavy atom. The van der Waals surface area contributed by atoms with Gasteiger partial charge in [-0.1, -0.05) is 24.3 Å². The number of rotatable bonds is 8. The van der Waals surface area contributed by atoms with Crippen LogP contribution in [0.2, 0.25) is 0 Å². The molecule has 0 aromatic heterocycles. The van der Waals surface area contributed by atoms with Gasteiger partial charge in [-0.15, -0.1) is 0 Å². The second-order valence-corrected chi connectivity index (χ2v) is 5.94. The molecule has 2 N–H and O–H groups in total. The van der Waals surface area contributed by atoms with Crippen molar-refractivity contribution in [1.29, 1.82) is 0 Å². The number of amides is 2. The molecular weight excluding hydrogens is 335 g/mol. The van der Waals surface area contributed by atoms with Gasteiger partial charge in [0.15, 0.2) is 0 Å². The van der Waals surface area contributed by atoms with Gasteiger partial charge in [-0.3, -0.25) is 9.59 Å². The Morgan fingerprint density at radius 3 is 2.58 bits per heavy atom. The van der Waals surface area contributed by atoms with E-state index < -0.39 is 11.7 Å². The quantitative estimate of drug-likeness (QED) is 0.761. The number of nitrogens with one attached hydrogen (secondary N) is 2. The maximum absolute atomic E-state index is 13.6. The molecule has 0 saturated heterocycles. The van der Waals surface area contributed by atoms with Crippen molar-refractivity contribution >= 4 is 17.5 Å². The monoisotopic (exact) mass is 358 g/mol. The number of hydrogen-bond donors (Lipinski definition) is 2. The predicted molar refractivity (Wildman–Crippen MR) is 98.7 cm³/mol. The molecule has 0 radical (unpaired) electrons. The van der Waals surface area contributed by atoms with Gasteiger partial charge in [0.1, 0.15) is 11.6 Å². The Hall–Kier alpha value is -2.89. The average Bonchev–Trinajstić information content (AvgIpc) is 2.63. The van der Waals surface area contributed by atoms with Crippen molar-refractivity contribution in [1.82, 2.24) is 5.32 Å². The lowest BCUT2D eigenvalue weighted by molar-refractivity contribution is -0.124. The summed E-state index contributed by atoms with van der Waals surface area (Å²) < 4.78 is 18.9. The highest BCUT2D eigenvalue weighted by Crippen LogP contribution is 2.17. The molecule has 0 aliphatic heterocycles. The number of halogens is 1. The SMILES string of the molecule is COc1ccccc1CCNC(=O)CCC(=O)Nc1cc(C)ccc1F. The second-order valence-electron chi connectivity index (χ2n) is 5.94. The van der Waals surface area contributed by atoms with Gasteiger partial charge in [0.2, 0.25) is 11.8 Å². The van der Waals surface area contributed by atoms with Gasteiger partial charge in [0.25, 0.3) is 0 Å². The van der Waals surface area contributed by atoms with Crippen molar-refractivity contribution in [3.8, 4) is 5.75 Å². The average molecular weight is 358 g/mol. The van der Waals surface area contributed by atoms with Crippen molar-refractivity contribution in [3.05, 3.63) is 59.4 Å². The lowest BCUT2D eigenvalue weighted by Crippen LogP contribution is -2.27. The number of anilines is 1. The summed E-state index contributed by atoms with van der Waals surface area (Å²) in [7, 11) is 1.60. The first-order valence-corrected chi connectivity index (χ1v) is 8.44. The Balaban J connectivity index is 1.73. The maximum atomic E-state index is 13.6. The van der Waals surface area contributed by atoms with E-state index in [1.165, 1.54) is 6.07 Å². The minimum Gasteiger partial charge on any atom is -0.496 e. The van der Waals surface area contributed by atoms with Crippen LogP contribution in [0.25, 0.3) is 0 Å². The van der Waals surface area contributed by atoms with E-state index in [4.69, 9.17) is 4.74 Å². The number of carbonyl (C=O) groups excluding carboxylic acids is 2. The Morgan fingerprint density at radius 1 is 1.08 bits per heavy atom. The summed E-state index contributed by atoms with van der Waals surface area (Å²) in [6.45, 7) is 2.26. The Kier molecular flexibility index (Phi) is 7.14. The van der Waals surface area contributed by atoms with E-state index in [1.807, 2.05) is 31.2 Å². The van der Waals surface area contributed by atoms with Gasteiger partial charge in [-0.05, 0) is 42.7 Å². The van der Waals surface area contributed by atoms with Crippen LogP contribution in [0.4, 0.5) is 10.1 Å². The number of hydrogen-bond acceptors (Lipinski definition) is 3. The molecule has 5 nitrogen and oxygen atoms in total. The standard InChI is InChI=1S/C20H23FN2O3/c1-14-7-8-16(21)17(13-14)23-20(25)10-9-19(24)22-12-11-15-5-3-4-6-18(15)26-2/h3-8,13H,9-12H2,1-2H3,(H,22,24)(H,23,25). The Labute approximate surface area is 152 Å². The van der Waals surface area contributed by atoms with Crippen molar-refractivity contribution in [2.45, 2.75) is 26.2 Å². The molecule has 2 rings (SSSR count). The van der Waals surface area contributed by atoms with Gasteiger partial charge in [0, 0.05) is 19.4 Å². The molecule has 2 amide bonds. The minimum absolute atomic E-state index is 0.00608. The summed E-state index contributed by atoms with van der Waals surface area (Å²) >= 11 is 0. The van der Waals surface area contributed by atoms with E-state index in [9.17, 15) is 14.0 Å². The molecule has 0 atom stereocenters. The first kappa shape index (κ1) is 19.4. The molecule has 0 spiro atoms. The molecule has 2 aromatic rings. The molecule has 0 aliphatic rings. The molecule has 6 heteroatoms. The molecule has 0 heterocycles. The number of para-hydroxylation sites is 1. The fourth-order valence-electron chi connectivity index (χ4n) is 2.51.